The summed E-state index contributed by atoms with van der Waals surface area (Å²) in [5.74, 6) is -0.419. The maximum Gasteiger partial charge on any atom is 0.250 e. The molecule has 0 saturated carbocycles. The van der Waals surface area contributed by atoms with Crippen molar-refractivity contribution < 1.29 is 14.0 Å². The Kier molecular flexibility index (Phi) is 5.35. The smallest absolute Gasteiger partial charge is 0.250 e. The summed E-state index contributed by atoms with van der Waals surface area (Å²) in [6.45, 7) is -0.216. The summed E-state index contributed by atoms with van der Waals surface area (Å²) < 4.78 is 24.0. The molecule has 0 aromatic heterocycles. The van der Waals surface area contributed by atoms with E-state index in [-0.39, 0.29) is 12.4 Å². The number of nitrogens with zero attached hydrogens (tertiary/aromatic N) is 1. The van der Waals surface area contributed by atoms with Crippen LogP contribution >= 0.6 is 0 Å². The lowest BCUT2D eigenvalue weighted by Gasteiger charge is -2.16. The number of oxime groups is 1. The van der Waals surface area contributed by atoms with E-state index in [1.807, 2.05) is 6.07 Å². The number of nitrogens with two attached hydrogens (primary N) is 1. The van der Waals surface area contributed by atoms with Crippen molar-refractivity contribution in [1.82, 2.24) is 5.32 Å². The number of hydrogen-bond acceptors (Lipinski definition) is 3. The van der Waals surface area contributed by atoms with Crippen molar-refractivity contribution in [3.63, 3.8) is 0 Å². The van der Waals surface area contributed by atoms with Crippen molar-refractivity contribution in [2.45, 2.75) is 12.3 Å². The molecule has 0 saturated heterocycles. The summed E-state index contributed by atoms with van der Waals surface area (Å²) in [5, 5.41) is 14.2. The van der Waals surface area contributed by atoms with Gasteiger partial charge in [0.15, 0.2) is 0 Å². The second-order valence-electron chi connectivity index (χ2n) is 3.54. The summed E-state index contributed by atoms with van der Waals surface area (Å²) in [7, 11) is 0. The highest BCUT2D eigenvalue weighted by atomic mass is 19.3. The first-order chi connectivity index (χ1) is 8.15. The molecule has 4 N–H and O–H groups in total. The Hall–Kier alpha value is -1.69. The van der Waals surface area contributed by atoms with Gasteiger partial charge in [0, 0.05) is 6.54 Å². The van der Waals surface area contributed by atoms with Crippen LogP contribution in [0.4, 0.5) is 8.78 Å². The molecule has 0 aliphatic heterocycles. The molecule has 1 atom stereocenters. The Bertz CT molecular complexity index is 357. The normalized spacial score (nSPS) is 13.9. The minimum Gasteiger partial charge on any atom is -0.409 e. The number of amidine groups is 1. The fourth-order valence-electron chi connectivity index (χ4n) is 1.48. The minimum atomic E-state index is -2.42. The minimum absolute atomic E-state index is 0.00188. The van der Waals surface area contributed by atoms with Crippen LogP contribution in [0.3, 0.4) is 0 Å². The Balaban J connectivity index is 2.69. The van der Waals surface area contributed by atoms with E-state index in [2.05, 4.69) is 10.5 Å². The van der Waals surface area contributed by atoms with Gasteiger partial charge in [-0.3, -0.25) is 0 Å². The van der Waals surface area contributed by atoms with Crippen LogP contribution in [0.5, 0.6) is 0 Å². The third-order valence-corrected chi connectivity index (χ3v) is 2.32. The van der Waals surface area contributed by atoms with Crippen LogP contribution in [0.15, 0.2) is 35.5 Å². The van der Waals surface area contributed by atoms with E-state index in [0.717, 1.165) is 5.56 Å². The largest absolute Gasteiger partial charge is 0.409 e. The molecule has 0 fully saturated rings. The lowest BCUT2D eigenvalue weighted by atomic mass is 9.98. The molecule has 17 heavy (non-hydrogen) atoms. The highest BCUT2D eigenvalue weighted by Gasteiger charge is 2.16. The molecular weight excluding hydrogens is 228 g/mol. The van der Waals surface area contributed by atoms with Crippen molar-refractivity contribution >= 4 is 5.84 Å². The number of rotatable bonds is 6. The summed E-state index contributed by atoms with van der Waals surface area (Å²) in [4.78, 5) is 0. The number of benzene rings is 1. The van der Waals surface area contributed by atoms with Gasteiger partial charge in [0.2, 0.25) is 0 Å². The van der Waals surface area contributed by atoms with E-state index in [0.29, 0.717) is 0 Å². The number of nitrogens with one attached hydrogen (secondary N) is 1. The predicted octanol–water partition coefficient (Wildman–Crippen LogP) is 1.37. The van der Waals surface area contributed by atoms with Gasteiger partial charge in [-0.25, -0.2) is 8.78 Å². The second-order valence-corrected chi connectivity index (χ2v) is 3.54. The lowest BCUT2D eigenvalue weighted by molar-refractivity contribution is 0.146. The van der Waals surface area contributed by atoms with E-state index in [1.54, 1.807) is 24.3 Å². The molecule has 0 spiro atoms. The summed E-state index contributed by atoms with van der Waals surface area (Å²) in [6.07, 6.45) is -2.42. The SMILES string of the molecule is N/C(=N/O)C(CNCC(F)F)c1ccccc1. The Morgan fingerprint density at radius 3 is 2.47 bits per heavy atom. The van der Waals surface area contributed by atoms with Gasteiger partial charge in [0.05, 0.1) is 12.5 Å². The first-order valence-corrected chi connectivity index (χ1v) is 5.16. The lowest BCUT2D eigenvalue weighted by Crippen LogP contribution is -2.33. The van der Waals surface area contributed by atoms with Crippen LogP contribution in [-0.4, -0.2) is 30.6 Å². The maximum absolute atomic E-state index is 12.0. The molecule has 6 heteroatoms. The van der Waals surface area contributed by atoms with E-state index in [1.165, 1.54) is 0 Å². The molecule has 0 amide bonds. The molecular formula is C11H15F2N3O. The average molecular weight is 243 g/mol. The van der Waals surface area contributed by atoms with Crippen LogP contribution < -0.4 is 11.1 Å². The third-order valence-electron chi connectivity index (χ3n) is 2.32. The Labute approximate surface area is 98.1 Å². The van der Waals surface area contributed by atoms with Crippen molar-refractivity contribution in [3.8, 4) is 0 Å². The molecule has 0 aliphatic carbocycles. The van der Waals surface area contributed by atoms with E-state index < -0.39 is 18.9 Å². The Morgan fingerprint density at radius 2 is 1.94 bits per heavy atom. The van der Waals surface area contributed by atoms with Crippen LogP contribution in [0.2, 0.25) is 0 Å². The van der Waals surface area contributed by atoms with E-state index in [9.17, 15) is 8.78 Å². The third kappa shape index (κ3) is 4.36. The van der Waals surface area contributed by atoms with Gasteiger partial charge in [0.25, 0.3) is 6.43 Å². The van der Waals surface area contributed by atoms with Crippen molar-refractivity contribution in [3.05, 3.63) is 35.9 Å². The number of hydrogen-bond donors (Lipinski definition) is 3. The van der Waals surface area contributed by atoms with Crippen LogP contribution in [0.1, 0.15) is 11.5 Å². The first-order valence-electron chi connectivity index (χ1n) is 5.16. The zero-order chi connectivity index (χ0) is 12.7. The molecule has 0 aliphatic rings. The van der Waals surface area contributed by atoms with Gasteiger partial charge in [-0.2, -0.15) is 0 Å². The zero-order valence-corrected chi connectivity index (χ0v) is 9.18. The topological polar surface area (TPSA) is 70.6 Å². The molecule has 0 bridgehead atoms. The standard InChI is InChI=1S/C11H15F2N3O/c12-10(13)7-15-6-9(11(14)16-17)8-4-2-1-3-5-8/h1-5,9-10,15,17H,6-7H2,(H2,14,16). The molecule has 94 valence electrons. The van der Waals surface area contributed by atoms with Gasteiger partial charge >= 0.3 is 0 Å². The Morgan fingerprint density at radius 1 is 1.29 bits per heavy atom. The first kappa shape index (κ1) is 13.4. The summed E-state index contributed by atoms with van der Waals surface area (Å²) in [6, 6.07) is 9.04. The van der Waals surface area contributed by atoms with Gasteiger partial charge in [-0.15, -0.1) is 0 Å². The van der Waals surface area contributed by atoms with Gasteiger partial charge < -0.3 is 16.3 Å². The molecule has 1 unspecified atom stereocenters. The number of alkyl halides is 2. The van der Waals surface area contributed by atoms with Crippen LogP contribution in [0.25, 0.3) is 0 Å². The molecule has 0 radical (unpaired) electrons. The van der Waals surface area contributed by atoms with Crippen molar-refractivity contribution in [2.75, 3.05) is 13.1 Å². The second kappa shape index (κ2) is 6.80. The van der Waals surface area contributed by atoms with Crippen molar-refractivity contribution in [1.29, 1.82) is 0 Å². The molecule has 1 aromatic rings. The summed E-state index contributed by atoms with van der Waals surface area (Å²) in [5.41, 5.74) is 6.35. The summed E-state index contributed by atoms with van der Waals surface area (Å²) >= 11 is 0. The monoisotopic (exact) mass is 243 g/mol. The highest BCUT2D eigenvalue weighted by Crippen LogP contribution is 2.14. The quantitative estimate of drug-likeness (QED) is 0.306. The fourth-order valence-corrected chi connectivity index (χ4v) is 1.48. The van der Waals surface area contributed by atoms with Crippen LogP contribution in [0, 0.1) is 0 Å². The average Bonchev–Trinajstić information content (AvgIpc) is 2.34. The van der Waals surface area contributed by atoms with E-state index >= 15 is 0 Å². The van der Waals surface area contributed by atoms with Gasteiger partial charge in [-0.05, 0) is 5.56 Å². The molecule has 0 heterocycles. The van der Waals surface area contributed by atoms with Crippen LogP contribution in [-0.2, 0) is 0 Å². The molecule has 1 aromatic carbocycles. The highest BCUT2D eigenvalue weighted by molar-refractivity contribution is 5.87. The number of halogens is 2. The maximum atomic E-state index is 12.0. The van der Waals surface area contributed by atoms with Gasteiger partial charge in [-0.1, -0.05) is 35.5 Å². The zero-order valence-electron chi connectivity index (χ0n) is 9.18. The fraction of sp³-hybridized carbons (Fsp3) is 0.364. The van der Waals surface area contributed by atoms with E-state index in [4.69, 9.17) is 10.9 Å². The van der Waals surface area contributed by atoms with Crippen molar-refractivity contribution in [2.24, 2.45) is 10.9 Å². The predicted molar refractivity (Wildman–Crippen MR) is 61.5 cm³/mol. The van der Waals surface area contributed by atoms with Gasteiger partial charge in [0.1, 0.15) is 5.84 Å². The molecule has 1 rings (SSSR count). The molecule has 4 nitrogen and oxygen atoms in total.